The number of benzene rings is 2. The van der Waals surface area contributed by atoms with E-state index < -0.39 is 0 Å². The highest BCUT2D eigenvalue weighted by Crippen LogP contribution is 2.32. The molecule has 0 saturated carbocycles. The van der Waals surface area contributed by atoms with E-state index in [9.17, 15) is 5.26 Å². The third-order valence-corrected chi connectivity index (χ3v) is 6.42. The van der Waals surface area contributed by atoms with E-state index in [1.165, 1.54) is 5.56 Å². The van der Waals surface area contributed by atoms with Gasteiger partial charge in [0, 0.05) is 6.54 Å². The zero-order chi connectivity index (χ0) is 24.1. The number of hydrogen-bond acceptors (Lipinski definition) is 5. The van der Waals surface area contributed by atoms with Crippen LogP contribution < -0.4 is 14.8 Å². The van der Waals surface area contributed by atoms with Crippen LogP contribution in [-0.2, 0) is 12.8 Å². The van der Waals surface area contributed by atoms with Crippen molar-refractivity contribution in [3.05, 3.63) is 64.7 Å². The number of anilines is 1. The average molecular weight is 457 g/mol. The summed E-state index contributed by atoms with van der Waals surface area (Å²) in [6.07, 6.45) is 5.15. The van der Waals surface area contributed by atoms with Crippen molar-refractivity contribution in [1.82, 2.24) is 9.38 Å². The lowest BCUT2D eigenvalue weighted by atomic mass is 9.99. The number of methoxy groups -OCH3 is 2. The molecule has 2 aromatic carbocycles. The first-order valence-corrected chi connectivity index (χ1v) is 11.9. The Bertz CT molecular complexity index is 1350. The molecule has 0 unspecified atom stereocenters. The minimum absolute atomic E-state index is 0.660. The standard InChI is InChI=1S/C28H32N4O2/c1-5-6-7-10-21-19(2)22(18-29)28-31-23-11-8-9-12-24(23)32(28)27(21)30-16-15-20-13-14-25(33-3)26(17-20)34-4/h8-9,11-14,17,30H,5-7,10,15-16H2,1-4H3. The Kier molecular flexibility index (Phi) is 7.22. The molecule has 1 N–H and O–H groups in total. The summed E-state index contributed by atoms with van der Waals surface area (Å²) >= 11 is 0. The molecule has 0 spiro atoms. The van der Waals surface area contributed by atoms with Crippen LogP contribution in [0.5, 0.6) is 11.5 Å². The molecule has 0 aliphatic rings. The van der Waals surface area contributed by atoms with Gasteiger partial charge >= 0.3 is 0 Å². The van der Waals surface area contributed by atoms with Crippen LogP contribution in [0.4, 0.5) is 5.82 Å². The van der Waals surface area contributed by atoms with Crippen LogP contribution in [0.15, 0.2) is 42.5 Å². The number of unbranched alkanes of at least 4 members (excludes halogenated alkanes) is 2. The molecule has 0 amide bonds. The van der Waals surface area contributed by atoms with E-state index in [1.807, 2.05) is 30.3 Å². The predicted octanol–water partition coefficient (Wildman–Crippen LogP) is 6.07. The van der Waals surface area contributed by atoms with E-state index >= 15 is 0 Å². The molecular formula is C28H32N4O2. The van der Waals surface area contributed by atoms with Crippen molar-refractivity contribution < 1.29 is 9.47 Å². The zero-order valence-corrected chi connectivity index (χ0v) is 20.4. The average Bonchev–Trinajstić information content (AvgIpc) is 3.24. The van der Waals surface area contributed by atoms with Crippen molar-refractivity contribution in [2.45, 2.75) is 46.0 Å². The highest BCUT2D eigenvalue weighted by molar-refractivity contribution is 5.86. The maximum atomic E-state index is 10.00. The van der Waals surface area contributed by atoms with E-state index in [-0.39, 0.29) is 0 Å². The Balaban J connectivity index is 1.75. The van der Waals surface area contributed by atoms with E-state index in [2.05, 4.69) is 41.8 Å². The fourth-order valence-electron chi connectivity index (χ4n) is 4.59. The Hall–Kier alpha value is -3.72. The van der Waals surface area contributed by atoms with Crippen LogP contribution in [0.25, 0.3) is 16.7 Å². The summed E-state index contributed by atoms with van der Waals surface area (Å²) in [7, 11) is 3.30. The molecule has 0 fully saturated rings. The largest absolute Gasteiger partial charge is 0.493 e. The minimum atomic E-state index is 0.660. The summed E-state index contributed by atoms with van der Waals surface area (Å²) in [5, 5.41) is 13.7. The number of imidazole rings is 1. The smallest absolute Gasteiger partial charge is 0.160 e. The van der Waals surface area contributed by atoms with Gasteiger partial charge in [0.05, 0.1) is 30.8 Å². The van der Waals surface area contributed by atoms with Crippen LogP contribution in [0.2, 0.25) is 0 Å². The van der Waals surface area contributed by atoms with Gasteiger partial charge in [-0.15, -0.1) is 0 Å². The number of hydrogen-bond donors (Lipinski definition) is 1. The number of aromatic nitrogens is 2. The van der Waals surface area contributed by atoms with Crippen LogP contribution in [-0.4, -0.2) is 30.1 Å². The molecular weight excluding hydrogens is 424 g/mol. The van der Waals surface area contributed by atoms with Crippen molar-refractivity contribution >= 4 is 22.5 Å². The summed E-state index contributed by atoms with van der Waals surface area (Å²) in [4.78, 5) is 4.82. The zero-order valence-electron chi connectivity index (χ0n) is 20.4. The molecule has 0 radical (unpaired) electrons. The van der Waals surface area contributed by atoms with Gasteiger partial charge in [0.1, 0.15) is 11.9 Å². The molecule has 0 atom stereocenters. The van der Waals surface area contributed by atoms with Crippen LogP contribution in [0.1, 0.15) is 48.4 Å². The van der Waals surface area contributed by atoms with Crippen molar-refractivity contribution in [2.75, 3.05) is 26.1 Å². The maximum absolute atomic E-state index is 10.00. The molecule has 0 aliphatic carbocycles. The first kappa shape index (κ1) is 23.4. The molecule has 176 valence electrons. The van der Waals surface area contributed by atoms with Gasteiger partial charge in [-0.1, -0.05) is 38.0 Å². The molecule has 4 aromatic rings. The Morgan fingerprint density at radius 1 is 1.03 bits per heavy atom. The molecule has 0 aliphatic heterocycles. The molecule has 0 saturated heterocycles. The second-order valence-corrected chi connectivity index (χ2v) is 8.52. The predicted molar refractivity (Wildman–Crippen MR) is 137 cm³/mol. The number of ether oxygens (including phenoxy) is 2. The molecule has 4 rings (SSSR count). The Morgan fingerprint density at radius 2 is 1.82 bits per heavy atom. The lowest BCUT2D eigenvalue weighted by Crippen LogP contribution is -2.14. The molecule has 2 heterocycles. The highest BCUT2D eigenvalue weighted by Gasteiger charge is 2.20. The topological polar surface area (TPSA) is 71.6 Å². The monoisotopic (exact) mass is 456 g/mol. The van der Waals surface area contributed by atoms with Gasteiger partial charge in [-0.2, -0.15) is 5.26 Å². The van der Waals surface area contributed by atoms with Gasteiger partial charge in [-0.25, -0.2) is 4.98 Å². The number of nitriles is 1. The van der Waals surface area contributed by atoms with Gasteiger partial charge in [0.15, 0.2) is 17.1 Å². The van der Waals surface area contributed by atoms with Crippen LogP contribution >= 0.6 is 0 Å². The second kappa shape index (κ2) is 10.5. The highest BCUT2D eigenvalue weighted by atomic mass is 16.5. The lowest BCUT2D eigenvalue weighted by molar-refractivity contribution is 0.354. The number of nitrogens with zero attached hydrogens (tertiary/aromatic N) is 3. The summed E-state index contributed by atoms with van der Waals surface area (Å²) < 4.78 is 13.0. The number of rotatable bonds is 10. The SMILES string of the molecule is CCCCCc1c(C)c(C#N)c2nc3ccccc3n2c1NCCc1ccc(OC)c(OC)c1. The van der Waals surface area contributed by atoms with Gasteiger partial charge < -0.3 is 14.8 Å². The molecule has 0 bridgehead atoms. The maximum Gasteiger partial charge on any atom is 0.160 e. The molecule has 2 aromatic heterocycles. The Morgan fingerprint density at radius 3 is 2.56 bits per heavy atom. The van der Waals surface area contributed by atoms with E-state index in [0.717, 1.165) is 78.1 Å². The van der Waals surface area contributed by atoms with Crippen molar-refractivity contribution in [3.63, 3.8) is 0 Å². The lowest BCUT2D eigenvalue weighted by Gasteiger charge is -2.19. The normalized spacial score (nSPS) is 11.0. The van der Waals surface area contributed by atoms with Crippen LogP contribution in [0, 0.1) is 18.3 Å². The third kappa shape index (κ3) is 4.38. The van der Waals surface area contributed by atoms with Crippen molar-refractivity contribution in [1.29, 1.82) is 5.26 Å². The number of nitrogens with one attached hydrogen (secondary N) is 1. The van der Waals surface area contributed by atoms with Gasteiger partial charge in [-0.05, 0) is 67.1 Å². The summed E-state index contributed by atoms with van der Waals surface area (Å²) in [6.45, 7) is 5.00. The van der Waals surface area contributed by atoms with Crippen molar-refractivity contribution in [2.24, 2.45) is 0 Å². The van der Waals surface area contributed by atoms with Crippen molar-refractivity contribution in [3.8, 4) is 17.6 Å². The summed E-state index contributed by atoms with van der Waals surface area (Å²) in [6, 6.07) is 16.5. The number of para-hydroxylation sites is 2. The quantitative estimate of drug-likeness (QED) is 0.293. The van der Waals surface area contributed by atoms with E-state index in [4.69, 9.17) is 14.5 Å². The fraction of sp³-hybridized carbons (Fsp3) is 0.357. The molecule has 6 nitrogen and oxygen atoms in total. The first-order chi connectivity index (χ1) is 16.6. The van der Waals surface area contributed by atoms with E-state index in [0.29, 0.717) is 11.2 Å². The number of fused-ring (bicyclic) bond motifs is 3. The van der Waals surface area contributed by atoms with Gasteiger partial charge in [0.2, 0.25) is 0 Å². The molecule has 6 heteroatoms. The third-order valence-electron chi connectivity index (χ3n) is 6.42. The second-order valence-electron chi connectivity index (χ2n) is 8.52. The van der Waals surface area contributed by atoms with Gasteiger partial charge in [0.25, 0.3) is 0 Å². The summed E-state index contributed by atoms with van der Waals surface area (Å²) in [5.41, 5.74) is 6.67. The number of pyridine rings is 1. The van der Waals surface area contributed by atoms with E-state index in [1.54, 1.807) is 14.2 Å². The minimum Gasteiger partial charge on any atom is -0.493 e. The first-order valence-electron chi connectivity index (χ1n) is 11.9. The van der Waals surface area contributed by atoms with Crippen LogP contribution in [0.3, 0.4) is 0 Å². The fourth-order valence-corrected chi connectivity index (χ4v) is 4.59. The summed E-state index contributed by atoms with van der Waals surface area (Å²) in [5.74, 6) is 2.50. The molecule has 34 heavy (non-hydrogen) atoms. The van der Waals surface area contributed by atoms with Gasteiger partial charge in [-0.3, -0.25) is 4.40 Å². The Labute approximate surface area is 201 Å².